The normalized spacial score (nSPS) is 26.6. The van der Waals surface area contributed by atoms with E-state index in [2.05, 4.69) is 11.1 Å². The van der Waals surface area contributed by atoms with E-state index >= 15 is 0 Å². The highest BCUT2D eigenvalue weighted by molar-refractivity contribution is 6.03. The molecule has 86 valence electrons. The van der Waals surface area contributed by atoms with Gasteiger partial charge in [0.15, 0.2) is 0 Å². The molecule has 1 aromatic rings. The summed E-state index contributed by atoms with van der Waals surface area (Å²) < 4.78 is 5.69. The fourth-order valence-corrected chi connectivity index (χ4v) is 2.33. The van der Waals surface area contributed by atoms with Crippen LogP contribution in [0.2, 0.25) is 0 Å². The highest BCUT2D eigenvalue weighted by Crippen LogP contribution is 2.32. The molecule has 0 saturated heterocycles. The molecule has 1 aliphatic carbocycles. The molecule has 1 aromatic carbocycles. The molecule has 3 heteroatoms. The van der Waals surface area contributed by atoms with Crippen LogP contribution < -0.4 is 4.74 Å². The van der Waals surface area contributed by atoms with Crippen LogP contribution in [-0.4, -0.2) is 11.8 Å². The minimum atomic E-state index is -0.0368. The Balaban J connectivity index is 1.84. The predicted octanol–water partition coefficient (Wildman–Crippen LogP) is 2.59. The Bertz CT molecular complexity index is 490. The summed E-state index contributed by atoms with van der Waals surface area (Å²) in [4.78, 5) is 15.7. The summed E-state index contributed by atoms with van der Waals surface area (Å²) >= 11 is 0. The second-order valence-electron chi connectivity index (χ2n) is 4.34. The zero-order valence-corrected chi connectivity index (χ0v) is 9.37. The van der Waals surface area contributed by atoms with Crippen molar-refractivity contribution in [2.24, 2.45) is 16.8 Å². The molecular weight excluding hydrogens is 214 g/mol. The summed E-state index contributed by atoms with van der Waals surface area (Å²) in [6.07, 6.45) is 5.98. The number of carbonyl (C=O) groups excluding carboxylic acids is 1. The number of carbonyl (C=O) groups is 1. The minimum Gasteiger partial charge on any atom is -0.442 e. The number of allylic oxidation sites excluding steroid dienone is 1. The lowest BCUT2D eigenvalue weighted by Crippen LogP contribution is -2.24. The van der Waals surface area contributed by atoms with E-state index < -0.39 is 0 Å². The van der Waals surface area contributed by atoms with Crippen LogP contribution in [0.4, 0.5) is 0 Å². The van der Waals surface area contributed by atoms with Crippen LogP contribution in [0.1, 0.15) is 12.8 Å². The molecule has 17 heavy (non-hydrogen) atoms. The van der Waals surface area contributed by atoms with E-state index in [-0.39, 0.29) is 17.7 Å². The Hall–Kier alpha value is -1.90. The number of fused-ring (bicyclic) bond motifs is 1. The summed E-state index contributed by atoms with van der Waals surface area (Å²) in [6, 6.07) is 9.47. The summed E-state index contributed by atoms with van der Waals surface area (Å²) in [6.45, 7) is 0. The molecule has 2 unspecified atom stereocenters. The van der Waals surface area contributed by atoms with Crippen molar-refractivity contribution in [3.8, 4) is 5.75 Å². The predicted molar refractivity (Wildman–Crippen MR) is 64.9 cm³/mol. The molecule has 2 atom stereocenters. The largest absolute Gasteiger partial charge is 0.442 e. The van der Waals surface area contributed by atoms with Gasteiger partial charge in [-0.05, 0) is 25.0 Å². The van der Waals surface area contributed by atoms with Gasteiger partial charge in [0.25, 0.3) is 5.91 Å². The molecule has 1 heterocycles. The quantitative estimate of drug-likeness (QED) is 0.692. The van der Waals surface area contributed by atoms with E-state index in [1.807, 2.05) is 36.4 Å². The Kier molecular flexibility index (Phi) is 2.52. The van der Waals surface area contributed by atoms with Crippen LogP contribution in [0.5, 0.6) is 5.75 Å². The van der Waals surface area contributed by atoms with E-state index in [1.54, 1.807) is 0 Å². The Morgan fingerprint density at radius 3 is 2.88 bits per heavy atom. The van der Waals surface area contributed by atoms with Gasteiger partial charge in [-0.15, -0.1) is 0 Å². The molecule has 1 amide bonds. The van der Waals surface area contributed by atoms with Crippen molar-refractivity contribution in [1.29, 1.82) is 0 Å². The van der Waals surface area contributed by atoms with Crippen molar-refractivity contribution < 1.29 is 9.53 Å². The van der Waals surface area contributed by atoms with Crippen LogP contribution in [0.25, 0.3) is 0 Å². The summed E-state index contributed by atoms with van der Waals surface area (Å²) in [7, 11) is 0. The van der Waals surface area contributed by atoms with Crippen molar-refractivity contribution in [2.45, 2.75) is 12.8 Å². The van der Waals surface area contributed by atoms with Crippen LogP contribution in [-0.2, 0) is 4.79 Å². The zero-order valence-electron chi connectivity index (χ0n) is 9.37. The summed E-state index contributed by atoms with van der Waals surface area (Å²) in [5, 5.41) is 0. The molecular formula is C14H13NO2. The first-order chi connectivity index (χ1) is 8.34. The minimum absolute atomic E-state index is 0.00119. The van der Waals surface area contributed by atoms with Gasteiger partial charge in [-0.25, -0.2) is 0 Å². The van der Waals surface area contributed by atoms with Crippen LogP contribution in [0, 0.1) is 11.8 Å². The SMILES string of the molecule is O=C1N=C(Oc2ccccc2)C2C=CCCC12. The Morgan fingerprint density at radius 1 is 1.24 bits per heavy atom. The van der Waals surface area contributed by atoms with E-state index in [1.165, 1.54) is 0 Å². The third kappa shape index (κ3) is 1.88. The lowest BCUT2D eigenvalue weighted by molar-refractivity contribution is -0.121. The second kappa shape index (κ2) is 4.17. The molecule has 0 radical (unpaired) electrons. The molecule has 1 aliphatic heterocycles. The highest BCUT2D eigenvalue weighted by Gasteiger charge is 2.39. The van der Waals surface area contributed by atoms with E-state index in [4.69, 9.17) is 4.74 Å². The number of aliphatic imine (C=N–C) groups is 1. The van der Waals surface area contributed by atoms with Crippen LogP contribution in [0.15, 0.2) is 47.5 Å². The molecule has 0 spiro atoms. The van der Waals surface area contributed by atoms with Crippen molar-refractivity contribution in [3.63, 3.8) is 0 Å². The first-order valence-electron chi connectivity index (χ1n) is 5.86. The van der Waals surface area contributed by atoms with Crippen molar-refractivity contribution in [1.82, 2.24) is 0 Å². The molecule has 3 rings (SSSR count). The summed E-state index contributed by atoms with van der Waals surface area (Å²) in [5.41, 5.74) is 0. The number of amides is 1. The topological polar surface area (TPSA) is 38.7 Å². The fourth-order valence-electron chi connectivity index (χ4n) is 2.33. The molecule has 0 N–H and O–H groups in total. The average molecular weight is 227 g/mol. The number of ether oxygens (including phenoxy) is 1. The maximum atomic E-state index is 11.7. The van der Waals surface area contributed by atoms with E-state index in [9.17, 15) is 4.79 Å². The van der Waals surface area contributed by atoms with Gasteiger partial charge in [0.05, 0.1) is 11.8 Å². The zero-order chi connectivity index (χ0) is 11.7. The van der Waals surface area contributed by atoms with Gasteiger partial charge in [0, 0.05) is 0 Å². The number of benzene rings is 1. The smallest absolute Gasteiger partial charge is 0.252 e. The maximum Gasteiger partial charge on any atom is 0.252 e. The van der Waals surface area contributed by atoms with Crippen molar-refractivity contribution in [2.75, 3.05) is 0 Å². The van der Waals surface area contributed by atoms with Gasteiger partial charge in [-0.3, -0.25) is 4.79 Å². The fraction of sp³-hybridized carbons (Fsp3) is 0.286. The average Bonchev–Trinajstić information content (AvgIpc) is 2.69. The van der Waals surface area contributed by atoms with Crippen LogP contribution >= 0.6 is 0 Å². The number of rotatable bonds is 1. The first-order valence-corrected chi connectivity index (χ1v) is 5.86. The third-order valence-corrected chi connectivity index (χ3v) is 3.21. The molecule has 2 aliphatic rings. The molecule has 0 saturated carbocycles. The van der Waals surface area contributed by atoms with Crippen LogP contribution in [0.3, 0.4) is 0 Å². The second-order valence-corrected chi connectivity index (χ2v) is 4.34. The third-order valence-electron chi connectivity index (χ3n) is 3.21. The Morgan fingerprint density at radius 2 is 2.06 bits per heavy atom. The lowest BCUT2D eigenvalue weighted by atomic mass is 9.85. The summed E-state index contributed by atoms with van der Waals surface area (Å²) in [5.74, 6) is 1.28. The lowest BCUT2D eigenvalue weighted by Gasteiger charge is -2.19. The molecule has 0 aromatic heterocycles. The van der Waals surface area contributed by atoms with Crippen molar-refractivity contribution in [3.05, 3.63) is 42.5 Å². The van der Waals surface area contributed by atoms with Gasteiger partial charge in [-0.2, -0.15) is 4.99 Å². The standard InChI is InChI=1S/C14H13NO2/c16-13-11-8-4-5-9-12(11)14(15-13)17-10-6-2-1-3-7-10/h1-3,5-7,9,11-12H,4,8H2. The first kappa shape index (κ1) is 10.3. The van der Waals surface area contributed by atoms with E-state index in [0.717, 1.165) is 18.6 Å². The monoisotopic (exact) mass is 227 g/mol. The van der Waals surface area contributed by atoms with Gasteiger partial charge in [0.1, 0.15) is 5.75 Å². The number of hydrogen-bond donors (Lipinski definition) is 0. The van der Waals surface area contributed by atoms with E-state index in [0.29, 0.717) is 5.90 Å². The molecule has 0 fully saturated rings. The highest BCUT2D eigenvalue weighted by atomic mass is 16.5. The maximum absolute atomic E-state index is 11.7. The number of para-hydroxylation sites is 1. The number of hydrogen-bond acceptors (Lipinski definition) is 2. The Labute approximate surface area is 99.8 Å². The molecule has 0 bridgehead atoms. The van der Waals surface area contributed by atoms with Crippen molar-refractivity contribution >= 4 is 11.8 Å². The molecule has 3 nitrogen and oxygen atoms in total. The van der Waals surface area contributed by atoms with Gasteiger partial charge in [0.2, 0.25) is 5.90 Å². The van der Waals surface area contributed by atoms with Gasteiger partial charge in [-0.1, -0.05) is 30.4 Å². The van der Waals surface area contributed by atoms with Gasteiger partial charge < -0.3 is 4.74 Å². The van der Waals surface area contributed by atoms with Gasteiger partial charge >= 0.3 is 0 Å². The number of nitrogens with zero attached hydrogens (tertiary/aromatic N) is 1.